The minimum atomic E-state index is -0.150. The summed E-state index contributed by atoms with van der Waals surface area (Å²) in [6, 6.07) is 7.98. The van der Waals surface area contributed by atoms with Crippen LogP contribution in [0.15, 0.2) is 24.3 Å². The van der Waals surface area contributed by atoms with Gasteiger partial charge in [-0.1, -0.05) is 121 Å². The second-order valence-corrected chi connectivity index (χ2v) is 9.15. The first-order chi connectivity index (χ1) is 14.8. The van der Waals surface area contributed by atoms with E-state index in [1.54, 1.807) is 4.90 Å². The zero-order valence-electron chi connectivity index (χ0n) is 19.8. The second kappa shape index (κ2) is 15.5. The van der Waals surface area contributed by atoms with Gasteiger partial charge in [0.25, 0.3) is 0 Å². The van der Waals surface area contributed by atoms with Gasteiger partial charge in [0.2, 0.25) is 5.91 Å². The summed E-state index contributed by atoms with van der Waals surface area (Å²) in [5.74, 6) is 0.174. The smallest absolute Gasteiger partial charge is 0.248 e. The van der Waals surface area contributed by atoms with Gasteiger partial charge >= 0.3 is 0 Å². The number of unbranched alkanes of at least 4 members (excludes halogenated alkanes) is 15. The Balaban J connectivity index is 1.36. The van der Waals surface area contributed by atoms with Crippen LogP contribution in [0, 0.1) is 0 Å². The van der Waals surface area contributed by atoms with Gasteiger partial charge in [0.15, 0.2) is 0 Å². The molecule has 0 aromatic heterocycles. The number of para-hydroxylation sites is 1. The fourth-order valence-electron chi connectivity index (χ4n) is 4.60. The summed E-state index contributed by atoms with van der Waals surface area (Å²) in [5, 5.41) is 3.48. The number of hydrogen-bond acceptors (Lipinski definition) is 2. The molecule has 1 heterocycles. The summed E-state index contributed by atoms with van der Waals surface area (Å²) in [7, 11) is 1.87. The van der Waals surface area contributed by atoms with Crippen molar-refractivity contribution in [3.05, 3.63) is 29.8 Å². The highest BCUT2D eigenvalue weighted by atomic mass is 16.2. The van der Waals surface area contributed by atoms with E-state index >= 15 is 0 Å². The zero-order chi connectivity index (χ0) is 21.4. The van der Waals surface area contributed by atoms with E-state index < -0.39 is 0 Å². The highest BCUT2D eigenvalue weighted by molar-refractivity contribution is 6.04. The van der Waals surface area contributed by atoms with Crippen molar-refractivity contribution in [3.63, 3.8) is 0 Å². The minimum Gasteiger partial charge on any atom is -0.313 e. The zero-order valence-corrected chi connectivity index (χ0v) is 19.8. The van der Waals surface area contributed by atoms with E-state index in [-0.39, 0.29) is 11.9 Å². The summed E-state index contributed by atoms with van der Waals surface area (Å²) >= 11 is 0. The third kappa shape index (κ3) is 8.79. The lowest BCUT2D eigenvalue weighted by molar-refractivity contribution is -0.119. The minimum absolute atomic E-state index is 0.150. The molecule has 0 saturated heterocycles. The predicted octanol–water partition coefficient (Wildman–Crippen LogP) is 7.56. The van der Waals surface area contributed by atoms with Crippen LogP contribution in [0.2, 0.25) is 0 Å². The number of amides is 1. The summed E-state index contributed by atoms with van der Waals surface area (Å²) in [6.07, 6.45) is 22.2. The number of anilines is 1. The number of rotatable bonds is 18. The third-order valence-electron chi connectivity index (χ3n) is 6.57. The number of nitrogens with one attached hydrogen (secondary N) is 1. The number of likely N-dealkylation sites (N-methyl/N-ethyl adjacent to an activating group) is 1. The fraction of sp³-hybridized carbons (Fsp3) is 0.741. The normalized spacial score (nSPS) is 15.7. The van der Waals surface area contributed by atoms with E-state index in [2.05, 4.69) is 18.3 Å². The van der Waals surface area contributed by atoms with Crippen LogP contribution in [0.5, 0.6) is 0 Å². The fourth-order valence-corrected chi connectivity index (χ4v) is 4.60. The summed E-state index contributed by atoms with van der Waals surface area (Å²) in [5.41, 5.74) is 2.17. The van der Waals surface area contributed by atoms with Crippen LogP contribution in [0.4, 0.5) is 5.69 Å². The molecule has 1 aliphatic heterocycles. The van der Waals surface area contributed by atoms with Gasteiger partial charge in [-0.3, -0.25) is 4.79 Å². The lowest BCUT2D eigenvalue weighted by atomic mass is 10.0. The molecule has 3 heteroatoms. The molecular weight excluding hydrogens is 368 g/mol. The van der Waals surface area contributed by atoms with Gasteiger partial charge in [-0.2, -0.15) is 0 Å². The summed E-state index contributed by atoms with van der Waals surface area (Å²) in [4.78, 5) is 14.2. The Morgan fingerprint density at radius 1 is 0.733 bits per heavy atom. The largest absolute Gasteiger partial charge is 0.313 e. The quantitative estimate of drug-likeness (QED) is 0.251. The molecule has 0 saturated carbocycles. The number of benzene rings is 1. The van der Waals surface area contributed by atoms with Crippen molar-refractivity contribution in [2.75, 3.05) is 18.5 Å². The van der Waals surface area contributed by atoms with Gasteiger partial charge in [-0.05, 0) is 19.0 Å². The van der Waals surface area contributed by atoms with Crippen LogP contribution in [0.1, 0.15) is 121 Å². The molecule has 1 aliphatic rings. The number of carbonyl (C=O) groups is 1. The molecule has 0 spiro atoms. The lowest BCUT2D eigenvalue weighted by Crippen LogP contribution is -2.32. The van der Waals surface area contributed by atoms with Gasteiger partial charge in [-0.15, -0.1) is 0 Å². The molecule has 2 rings (SSSR count). The van der Waals surface area contributed by atoms with E-state index in [1.165, 1.54) is 96.3 Å². The van der Waals surface area contributed by atoms with Gasteiger partial charge in [0.05, 0.1) is 0 Å². The lowest BCUT2D eigenvalue weighted by Gasteiger charge is -2.13. The second-order valence-electron chi connectivity index (χ2n) is 9.15. The summed E-state index contributed by atoms with van der Waals surface area (Å²) < 4.78 is 0. The highest BCUT2D eigenvalue weighted by Crippen LogP contribution is 2.34. The predicted molar refractivity (Wildman–Crippen MR) is 130 cm³/mol. The van der Waals surface area contributed by atoms with Gasteiger partial charge < -0.3 is 10.2 Å². The molecule has 0 unspecified atom stereocenters. The Bertz CT molecular complexity index is 586. The number of fused-ring (bicyclic) bond motifs is 1. The van der Waals surface area contributed by atoms with Crippen molar-refractivity contribution in [1.82, 2.24) is 5.32 Å². The third-order valence-corrected chi connectivity index (χ3v) is 6.57. The van der Waals surface area contributed by atoms with E-state index in [4.69, 9.17) is 0 Å². The van der Waals surface area contributed by atoms with E-state index in [0.717, 1.165) is 24.2 Å². The highest BCUT2D eigenvalue weighted by Gasteiger charge is 2.33. The monoisotopic (exact) mass is 414 g/mol. The first-order valence-electron chi connectivity index (χ1n) is 12.9. The molecule has 1 amide bonds. The van der Waals surface area contributed by atoms with E-state index in [9.17, 15) is 4.79 Å². The Morgan fingerprint density at radius 2 is 1.20 bits per heavy atom. The molecule has 30 heavy (non-hydrogen) atoms. The maximum atomic E-state index is 12.4. The Labute approximate surface area is 186 Å². The van der Waals surface area contributed by atoms with Crippen LogP contribution in [-0.2, 0) is 4.79 Å². The van der Waals surface area contributed by atoms with E-state index in [0.29, 0.717) is 0 Å². The molecular formula is C27H46N2O. The average Bonchev–Trinajstić information content (AvgIpc) is 3.01. The molecule has 1 N–H and O–H groups in total. The molecule has 3 nitrogen and oxygen atoms in total. The standard InChI is InChI=1S/C27H46N2O/c1-3-4-5-6-7-8-9-10-11-12-13-14-15-16-17-20-23-28-26-24-21-18-19-22-25(24)29(2)27(26)30/h18-19,21-22,26,28H,3-17,20,23H2,1-2H3/t26-/m0/s1. The van der Waals surface area contributed by atoms with Gasteiger partial charge in [0.1, 0.15) is 6.04 Å². The Morgan fingerprint density at radius 3 is 1.73 bits per heavy atom. The molecule has 1 atom stereocenters. The summed E-state index contributed by atoms with van der Waals surface area (Å²) in [6.45, 7) is 3.22. The van der Waals surface area contributed by atoms with Gasteiger partial charge in [0, 0.05) is 18.3 Å². The molecule has 0 aliphatic carbocycles. The Hall–Kier alpha value is -1.35. The van der Waals surface area contributed by atoms with Crippen LogP contribution in [0.25, 0.3) is 0 Å². The first-order valence-corrected chi connectivity index (χ1v) is 12.9. The van der Waals surface area contributed by atoms with Crippen molar-refractivity contribution < 1.29 is 4.79 Å². The number of carbonyl (C=O) groups excluding carboxylic acids is 1. The van der Waals surface area contributed by atoms with Crippen LogP contribution in [-0.4, -0.2) is 19.5 Å². The topological polar surface area (TPSA) is 32.3 Å². The SMILES string of the molecule is CCCCCCCCCCCCCCCCCCN[C@@H]1C(=O)N(C)c2ccccc21. The van der Waals surface area contributed by atoms with Crippen molar-refractivity contribution in [3.8, 4) is 0 Å². The first kappa shape index (κ1) is 24.9. The number of nitrogens with zero attached hydrogens (tertiary/aromatic N) is 1. The molecule has 0 radical (unpaired) electrons. The van der Waals surface area contributed by atoms with Crippen LogP contribution >= 0.6 is 0 Å². The van der Waals surface area contributed by atoms with E-state index in [1.807, 2.05) is 25.2 Å². The van der Waals surface area contributed by atoms with Crippen molar-refractivity contribution in [2.24, 2.45) is 0 Å². The van der Waals surface area contributed by atoms with Gasteiger partial charge in [-0.25, -0.2) is 0 Å². The molecule has 0 fully saturated rings. The molecule has 1 aromatic carbocycles. The molecule has 0 bridgehead atoms. The van der Waals surface area contributed by atoms with Crippen molar-refractivity contribution >= 4 is 11.6 Å². The molecule has 1 aromatic rings. The van der Waals surface area contributed by atoms with Crippen molar-refractivity contribution in [1.29, 1.82) is 0 Å². The van der Waals surface area contributed by atoms with Crippen LogP contribution < -0.4 is 10.2 Å². The molecule has 170 valence electrons. The van der Waals surface area contributed by atoms with Crippen molar-refractivity contribution in [2.45, 2.75) is 116 Å². The maximum Gasteiger partial charge on any atom is 0.248 e. The maximum absolute atomic E-state index is 12.4. The Kier molecular flexibility index (Phi) is 12.8. The number of hydrogen-bond donors (Lipinski definition) is 1. The average molecular weight is 415 g/mol. The van der Waals surface area contributed by atoms with Crippen LogP contribution in [0.3, 0.4) is 0 Å².